The van der Waals surface area contributed by atoms with Gasteiger partial charge in [-0.25, -0.2) is 0 Å². The van der Waals surface area contributed by atoms with Crippen molar-refractivity contribution in [2.24, 2.45) is 17.8 Å². The number of hydrogen-bond donors (Lipinski definition) is 1. The molecule has 0 aromatic rings. The molecule has 0 aromatic heterocycles. The Bertz CT molecular complexity index is 131. The third-order valence-electron chi connectivity index (χ3n) is 3.52. The van der Waals surface area contributed by atoms with Crippen LogP contribution in [0.15, 0.2) is 0 Å². The van der Waals surface area contributed by atoms with Crippen molar-refractivity contribution in [3.8, 4) is 0 Å². The molecule has 2 aliphatic rings. The number of rotatable bonds is 1. The van der Waals surface area contributed by atoms with Crippen LogP contribution in [0.4, 0.5) is 0 Å². The Hall–Kier alpha value is -0.0400. The number of quaternary nitrogens is 1. The minimum Gasteiger partial charge on any atom is -0.355 e. The molecule has 2 fully saturated rings. The molecule has 2 rings (SSSR count). The molecule has 1 nitrogen and oxygen atoms in total. The van der Waals surface area contributed by atoms with Crippen LogP contribution in [0.1, 0.15) is 32.6 Å². The molecule has 3 N–H and O–H groups in total. The molecule has 2 bridgehead atoms. The van der Waals surface area contributed by atoms with Gasteiger partial charge in [0.25, 0.3) is 0 Å². The standard InChI is InChI=1S/C9H17N/c1-6(10)9-5-7-2-3-8(9)4-7/h6-9H,2-5,10H2,1H3/p+1/t6-,7-,8+,9-/m0/s1. The molecular formula is C9H18N+. The van der Waals surface area contributed by atoms with Crippen LogP contribution in [0.3, 0.4) is 0 Å². The second-order valence-corrected chi connectivity index (χ2v) is 4.32. The maximum absolute atomic E-state index is 4.14. The quantitative estimate of drug-likeness (QED) is 0.564. The van der Waals surface area contributed by atoms with E-state index in [0.717, 1.165) is 17.8 Å². The molecule has 10 heavy (non-hydrogen) atoms. The van der Waals surface area contributed by atoms with E-state index in [-0.39, 0.29) is 0 Å². The van der Waals surface area contributed by atoms with Crippen molar-refractivity contribution in [2.45, 2.75) is 38.6 Å². The van der Waals surface area contributed by atoms with Gasteiger partial charge in [0.05, 0.1) is 6.04 Å². The van der Waals surface area contributed by atoms with Crippen LogP contribution in [0.25, 0.3) is 0 Å². The largest absolute Gasteiger partial charge is 0.355 e. The summed E-state index contributed by atoms with van der Waals surface area (Å²) in [5.74, 6) is 3.15. The number of fused-ring (bicyclic) bond motifs is 2. The van der Waals surface area contributed by atoms with Gasteiger partial charge in [-0.2, -0.15) is 0 Å². The third-order valence-corrected chi connectivity index (χ3v) is 3.52. The topological polar surface area (TPSA) is 27.6 Å². The first-order chi connectivity index (χ1) is 4.77. The predicted octanol–water partition coefficient (Wildman–Crippen LogP) is 1.05. The lowest BCUT2D eigenvalue weighted by atomic mass is 9.84. The zero-order chi connectivity index (χ0) is 7.14. The Morgan fingerprint density at radius 2 is 2.10 bits per heavy atom. The molecule has 2 aliphatic carbocycles. The molecule has 58 valence electrons. The second kappa shape index (κ2) is 2.23. The Balaban J connectivity index is 2.02. The van der Waals surface area contributed by atoms with E-state index in [2.05, 4.69) is 12.7 Å². The smallest absolute Gasteiger partial charge is 0.0846 e. The average molecular weight is 140 g/mol. The van der Waals surface area contributed by atoms with Crippen LogP contribution in [0.5, 0.6) is 0 Å². The van der Waals surface area contributed by atoms with Crippen LogP contribution in [-0.4, -0.2) is 6.04 Å². The van der Waals surface area contributed by atoms with E-state index >= 15 is 0 Å². The fourth-order valence-electron chi connectivity index (χ4n) is 2.99. The Kier molecular flexibility index (Phi) is 1.48. The first kappa shape index (κ1) is 6.66. The highest BCUT2D eigenvalue weighted by molar-refractivity contribution is 4.91. The minimum absolute atomic E-state index is 0.704. The van der Waals surface area contributed by atoms with Crippen molar-refractivity contribution in [3.05, 3.63) is 0 Å². The highest BCUT2D eigenvalue weighted by Crippen LogP contribution is 2.48. The normalized spacial score (nSPS) is 48.0. The lowest BCUT2D eigenvalue weighted by Gasteiger charge is -2.22. The lowest BCUT2D eigenvalue weighted by molar-refractivity contribution is -0.430. The predicted molar refractivity (Wildman–Crippen MR) is 41.3 cm³/mol. The summed E-state index contributed by atoms with van der Waals surface area (Å²) >= 11 is 0. The van der Waals surface area contributed by atoms with Crippen molar-refractivity contribution >= 4 is 0 Å². The summed E-state index contributed by atoms with van der Waals surface area (Å²) in [5, 5.41) is 0. The molecule has 4 atom stereocenters. The molecule has 0 amide bonds. The van der Waals surface area contributed by atoms with Gasteiger partial charge in [-0.15, -0.1) is 0 Å². The van der Waals surface area contributed by atoms with Crippen LogP contribution in [0, 0.1) is 17.8 Å². The van der Waals surface area contributed by atoms with E-state index < -0.39 is 0 Å². The Morgan fingerprint density at radius 1 is 1.30 bits per heavy atom. The zero-order valence-electron chi connectivity index (χ0n) is 6.84. The molecule has 2 saturated carbocycles. The van der Waals surface area contributed by atoms with Crippen molar-refractivity contribution in [1.29, 1.82) is 0 Å². The van der Waals surface area contributed by atoms with E-state index in [0.29, 0.717) is 6.04 Å². The monoisotopic (exact) mass is 140 g/mol. The molecule has 0 spiro atoms. The second-order valence-electron chi connectivity index (χ2n) is 4.32. The van der Waals surface area contributed by atoms with Gasteiger partial charge >= 0.3 is 0 Å². The first-order valence-corrected chi connectivity index (χ1v) is 4.60. The van der Waals surface area contributed by atoms with Gasteiger partial charge in [0.15, 0.2) is 0 Å². The van der Waals surface area contributed by atoms with Gasteiger partial charge in [0.1, 0.15) is 0 Å². The summed E-state index contributed by atoms with van der Waals surface area (Å²) in [6.07, 6.45) is 6.06. The SMILES string of the molecule is C[C@H]([NH3+])[C@@H]1C[C@H]2CC[C@@H]1C2. The van der Waals surface area contributed by atoms with E-state index in [1.54, 1.807) is 0 Å². The molecule has 1 heteroatoms. The molecule has 0 heterocycles. The number of hydrogen-bond acceptors (Lipinski definition) is 0. The summed E-state index contributed by atoms with van der Waals surface area (Å²) < 4.78 is 0. The highest BCUT2D eigenvalue weighted by Gasteiger charge is 2.42. The van der Waals surface area contributed by atoms with Crippen LogP contribution >= 0.6 is 0 Å². The first-order valence-electron chi connectivity index (χ1n) is 4.60. The van der Waals surface area contributed by atoms with Gasteiger partial charge in [-0.3, -0.25) is 0 Å². The van der Waals surface area contributed by atoms with E-state index in [1.165, 1.54) is 25.7 Å². The van der Waals surface area contributed by atoms with Crippen molar-refractivity contribution < 1.29 is 5.73 Å². The molecule has 0 saturated heterocycles. The average Bonchev–Trinajstić information content (AvgIpc) is 2.44. The van der Waals surface area contributed by atoms with Crippen LogP contribution in [0.2, 0.25) is 0 Å². The summed E-state index contributed by atoms with van der Waals surface area (Å²) in [6.45, 7) is 2.28. The molecular weight excluding hydrogens is 122 g/mol. The van der Waals surface area contributed by atoms with Crippen molar-refractivity contribution in [2.75, 3.05) is 0 Å². The molecule has 0 unspecified atom stereocenters. The third kappa shape index (κ3) is 0.878. The summed E-state index contributed by atoms with van der Waals surface area (Å²) in [5.41, 5.74) is 4.14. The Morgan fingerprint density at radius 3 is 2.40 bits per heavy atom. The molecule has 0 aromatic carbocycles. The molecule has 0 radical (unpaired) electrons. The minimum atomic E-state index is 0.704. The fraction of sp³-hybridized carbons (Fsp3) is 1.00. The van der Waals surface area contributed by atoms with E-state index in [4.69, 9.17) is 0 Å². The van der Waals surface area contributed by atoms with Crippen molar-refractivity contribution in [1.82, 2.24) is 0 Å². The summed E-state index contributed by atoms with van der Waals surface area (Å²) in [4.78, 5) is 0. The van der Waals surface area contributed by atoms with Gasteiger partial charge in [0, 0.05) is 5.92 Å². The van der Waals surface area contributed by atoms with Gasteiger partial charge in [-0.1, -0.05) is 6.42 Å². The van der Waals surface area contributed by atoms with Gasteiger partial charge in [-0.05, 0) is 38.0 Å². The van der Waals surface area contributed by atoms with Gasteiger partial charge in [0.2, 0.25) is 0 Å². The zero-order valence-corrected chi connectivity index (χ0v) is 6.84. The maximum Gasteiger partial charge on any atom is 0.0846 e. The lowest BCUT2D eigenvalue weighted by Crippen LogP contribution is -2.63. The van der Waals surface area contributed by atoms with E-state index in [9.17, 15) is 0 Å². The van der Waals surface area contributed by atoms with Crippen molar-refractivity contribution in [3.63, 3.8) is 0 Å². The summed E-state index contributed by atoms with van der Waals surface area (Å²) in [7, 11) is 0. The van der Waals surface area contributed by atoms with Crippen LogP contribution < -0.4 is 5.73 Å². The maximum atomic E-state index is 4.14. The fourth-order valence-corrected chi connectivity index (χ4v) is 2.99. The molecule has 0 aliphatic heterocycles. The van der Waals surface area contributed by atoms with Gasteiger partial charge < -0.3 is 5.73 Å². The summed E-state index contributed by atoms with van der Waals surface area (Å²) in [6, 6.07) is 0.704. The van der Waals surface area contributed by atoms with E-state index in [1.807, 2.05) is 0 Å². The highest BCUT2D eigenvalue weighted by atomic mass is 14.7. The Labute approximate surface area is 63.0 Å². The van der Waals surface area contributed by atoms with Crippen LogP contribution in [-0.2, 0) is 0 Å².